The van der Waals surface area contributed by atoms with Crippen molar-refractivity contribution in [3.63, 3.8) is 0 Å². The molecule has 34 heavy (non-hydrogen) atoms. The van der Waals surface area contributed by atoms with E-state index in [2.05, 4.69) is 44.5 Å². The molecule has 1 aliphatic rings. The number of nitrogens with one attached hydrogen (secondary N) is 2. The minimum absolute atomic E-state index is 0. The number of guanidine groups is 1. The van der Waals surface area contributed by atoms with E-state index in [0.29, 0.717) is 13.2 Å². The normalized spacial score (nSPS) is 15.0. The summed E-state index contributed by atoms with van der Waals surface area (Å²) in [5.41, 5.74) is 2.31. The molecule has 0 saturated carbocycles. The third kappa shape index (κ3) is 6.62. The van der Waals surface area contributed by atoms with Gasteiger partial charge in [-0.05, 0) is 24.1 Å². The lowest BCUT2D eigenvalue weighted by molar-refractivity contribution is 0.261. The van der Waals surface area contributed by atoms with E-state index >= 15 is 0 Å². The van der Waals surface area contributed by atoms with E-state index < -0.39 is 0 Å². The Hall–Kier alpha value is -2.82. The number of halogens is 1. The van der Waals surface area contributed by atoms with Crippen LogP contribution in [0.5, 0.6) is 11.5 Å². The maximum atomic E-state index is 5.82. The van der Waals surface area contributed by atoms with E-state index in [1.807, 2.05) is 36.4 Å². The number of methoxy groups -OCH3 is 1. The summed E-state index contributed by atoms with van der Waals surface area (Å²) in [5.74, 6) is 3.61. The number of nitrogens with zero attached hydrogens (tertiary/aromatic N) is 4. The third-order valence-electron chi connectivity index (χ3n) is 5.77. The van der Waals surface area contributed by atoms with Gasteiger partial charge in [-0.2, -0.15) is 0 Å². The molecule has 4 rings (SSSR count). The number of hydrogen-bond donors (Lipinski definition) is 2. The molecule has 0 bridgehead atoms. The van der Waals surface area contributed by atoms with Gasteiger partial charge in [0.1, 0.15) is 23.7 Å². The van der Waals surface area contributed by atoms with E-state index in [0.717, 1.165) is 66.8 Å². The molecule has 0 aliphatic carbocycles. The number of para-hydroxylation sites is 2. The minimum atomic E-state index is 0. The molecule has 1 aliphatic heterocycles. The fourth-order valence-corrected chi connectivity index (χ4v) is 4.04. The molecule has 182 valence electrons. The van der Waals surface area contributed by atoms with Gasteiger partial charge < -0.3 is 24.7 Å². The second kappa shape index (κ2) is 13.2. The maximum Gasteiger partial charge on any atom is 0.191 e. The molecule has 0 amide bonds. The van der Waals surface area contributed by atoms with Crippen molar-refractivity contribution in [1.82, 2.24) is 25.4 Å². The lowest BCUT2D eigenvalue weighted by atomic mass is 10.0. The Balaban J connectivity index is 0.00000324. The van der Waals surface area contributed by atoms with Crippen molar-refractivity contribution in [2.24, 2.45) is 4.99 Å². The first kappa shape index (κ1) is 25.8. The van der Waals surface area contributed by atoms with Crippen LogP contribution in [0.2, 0.25) is 0 Å². The molecule has 1 unspecified atom stereocenters. The van der Waals surface area contributed by atoms with E-state index in [9.17, 15) is 0 Å². The predicted molar refractivity (Wildman–Crippen MR) is 144 cm³/mol. The van der Waals surface area contributed by atoms with Gasteiger partial charge in [-0.25, -0.2) is 0 Å². The summed E-state index contributed by atoms with van der Waals surface area (Å²) in [6.07, 6.45) is 4.32. The summed E-state index contributed by atoms with van der Waals surface area (Å²) in [4.78, 5) is 4.88. The van der Waals surface area contributed by atoms with Gasteiger partial charge in [0, 0.05) is 38.0 Å². The summed E-state index contributed by atoms with van der Waals surface area (Å²) in [6.45, 7) is 4.91. The third-order valence-corrected chi connectivity index (χ3v) is 5.77. The topological polar surface area (TPSA) is 85.6 Å². The van der Waals surface area contributed by atoms with Gasteiger partial charge in [0.05, 0.1) is 19.8 Å². The van der Waals surface area contributed by atoms with Crippen LogP contribution in [0.3, 0.4) is 0 Å². The molecule has 3 aromatic rings. The van der Waals surface area contributed by atoms with Crippen LogP contribution in [-0.4, -0.2) is 47.5 Å². The van der Waals surface area contributed by atoms with Crippen molar-refractivity contribution in [2.75, 3.05) is 26.8 Å². The first-order valence-corrected chi connectivity index (χ1v) is 11.5. The molecule has 1 atom stereocenters. The Morgan fingerprint density at radius 3 is 2.88 bits per heavy atom. The highest BCUT2D eigenvalue weighted by Gasteiger charge is 2.22. The van der Waals surface area contributed by atoms with Gasteiger partial charge in [-0.15, -0.1) is 34.2 Å². The van der Waals surface area contributed by atoms with Crippen LogP contribution in [0, 0.1) is 0 Å². The van der Waals surface area contributed by atoms with Crippen molar-refractivity contribution in [1.29, 1.82) is 0 Å². The largest absolute Gasteiger partial charge is 0.496 e. The van der Waals surface area contributed by atoms with Gasteiger partial charge in [0.2, 0.25) is 0 Å². The van der Waals surface area contributed by atoms with Crippen LogP contribution in [0.25, 0.3) is 0 Å². The molecule has 1 aromatic heterocycles. The summed E-state index contributed by atoms with van der Waals surface area (Å²) < 4.78 is 13.4. The number of aryl methyl sites for hydroxylation is 1. The quantitative estimate of drug-likeness (QED) is 0.229. The molecule has 2 N–H and O–H groups in total. The number of aromatic nitrogens is 3. The van der Waals surface area contributed by atoms with Crippen LogP contribution >= 0.6 is 24.0 Å². The number of fused-ring (bicyclic) bond motifs is 1. The average Bonchev–Trinajstić information content (AvgIpc) is 3.32. The fraction of sp³-hybridized carbons (Fsp3) is 0.400. The smallest absolute Gasteiger partial charge is 0.191 e. The zero-order valence-electron chi connectivity index (χ0n) is 19.7. The molecule has 2 heterocycles. The summed E-state index contributed by atoms with van der Waals surface area (Å²) in [7, 11) is 1.70. The Morgan fingerprint density at radius 2 is 2.03 bits per heavy atom. The number of ether oxygens (including phenoxy) is 2. The van der Waals surface area contributed by atoms with Crippen LogP contribution in [0.15, 0.2) is 59.9 Å². The number of rotatable bonds is 9. The van der Waals surface area contributed by atoms with Gasteiger partial charge in [-0.1, -0.05) is 43.3 Å². The first-order chi connectivity index (χ1) is 16.3. The lowest BCUT2D eigenvalue weighted by Crippen LogP contribution is -2.42. The van der Waals surface area contributed by atoms with E-state index in [1.54, 1.807) is 13.4 Å². The summed E-state index contributed by atoms with van der Waals surface area (Å²) in [6, 6.07) is 16.4. The highest BCUT2D eigenvalue weighted by molar-refractivity contribution is 14.0. The van der Waals surface area contributed by atoms with Crippen molar-refractivity contribution >= 4 is 29.9 Å². The summed E-state index contributed by atoms with van der Waals surface area (Å²) in [5, 5.41) is 15.3. The van der Waals surface area contributed by atoms with Gasteiger partial charge in [0.25, 0.3) is 0 Å². The van der Waals surface area contributed by atoms with Gasteiger partial charge >= 0.3 is 0 Å². The molecule has 0 spiro atoms. The second-order valence-electron chi connectivity index (χ2n) is 7.88. The highest BCUT2D eigenvalue weighted by atomic mass is 127. The molecule has 0 saturated heterocycles. The Kier molecular flexibility index (Phi) is 9.99. The Bertz CT molecular complexity index is 1070. The predicted octanol–water partition coefficient (Wildman–Crippen LogP) is 3.77. The Labute approximate surface area is 218 Å². The Morgan fingerprint density at radius 1 is 1.21 bits per heavy atom. The summed E-state index contributed by atoms with van der Waals surface area (Å²) >= 11 is 0. The molecular weight excluding hydrogens is 543 g/mol. The fourth-order valence-electron chi connectivity index (χ4n) is 4.04. The highest BCUT2D eigenvalue weighted by Crippen LogP contribution is 2.31. The van der Waals surface area contributed by atoms with Crippen LogP contribution in [0.4, 0.5) is 0 Å². The van der Waals surface area contributed by atoms with Crippen molar-refractivity contribution in [2.45, 2.75) is 38.8 Å². The van der Waals surface area contributed by atoms with Crippen molar-refractivity contribution < 1.29 is 9.47 Å². The average molecular weight is 576 g/mol. The lowest BCUT2D eigenvalue weighted by Gasteiger charge is -2.28. The van der Waals surface area contributed by atoms with Crippen molar-refractivity contribution in [3.8, 4) is 11.5 Å². The maximum absolute atomic E-state index is 5.82. The van der Waals surface area contributed by atoms with Crippen molar-refractivity contribution in [3.05, 3.63) is 71.8 Å². The van der Waals surface area contributed by atoms with Crippen LogP contribution in [0.1, 0.15) is 36.3 Å². The molecule has 0 fully saturated rings. The zero-order valence-corrected chi connectivity index (χ0v) is 22.1. The van der Waals surface area contributed by atoms with Gasteiger partial charge in [-0.3, -0.25) is 4.99 Å². The van der Waals surface area contributed by atoms with E-state index in [4.69, 9.17) is 14.5 Å². The van der Waals surface area contributed by atoms with E-state index in [1.165, 1.54) is 0 Å². The number of hydrogen-bond acceptors (Lipinski definition) is 5. The number of benzene rings is 2. The molecule has 2 aromatic carbocycles. The molecular formula is C25H33IN6O2. The van der Waals surface area contributed by atoms with E-state index in [-0.39, 0.29) is 30.0 Å². The van der Waals surface area contributed by atoms with Crippen LogP contribution < -0.4 is 20.1 Å². The van der Waals surface area contributed by atoms with Crippen LogP contribution in [-0.2, 0) is 19.4 Å². The first-order valence-electron chi connectivity index (χ1n) is 11.5. The zero-order chi connectivity index (χ0) is 22.9. The molecule has 8 nitrogen and oxygen atoms in total. The monoisotopic (exact) mass is 576 g/mol. The number of aliphatic imine (C=N–C) groups is 1. The SMILES string of the molecule is CCc1nncn1CCNC(=NCCc1ccccc1OC)NC1CCOc2ccccc21.I. The second-order valence-corrected chi connectivity index (χ2v) is 7.88. The molecule has 9 heteroatoms. The minimum Gasteiger partial charge on any atom is -0.496 e. The standard InChI is InChI=1S/C25H32N6O2.HI/c1-3-24-30-28-18-31(24)16-15-27-25(26-14-12-19-8-4-6-10-22(19)32-2)29-21-13-17-33-23-11-7-5-9-20(21)23;/h4-11,18,21H,3,12-17H2,1-2H3,(H2,26,27,29);1H. The van der Waals surface area contributed by atoms with Gasteiger partial charge in [0.15, 0.2) is 5.96 Å². The molecule has 0 radical (unpaired) electrons.